The van der Waals surface area contributed by atoms with Gasteiger partial charge in [-0.25, -0.2) is 17.2 Å². The zero-order valence-electron chi connectivity index (χ0n) is 21.6. The van der Waals surface area contributed by atoms with Crippen LogP contribution in [0, 0.1) is 11.6 Å². The quantitative estimate of drug-likeness (QED) is 0.324. The van der Waals surface area contributed by atoms with Gasteiger partial charge in [0.25, 0.3) is 5.91 Å². The van der Waals surface area contributed by atoms with Crippen molar-refractivity contribution in [3.05, 3.63) is 101 Å². The Kier molecular flexibility index (Phi) is 9.96. The Morgan fingerprint density at radius 1 is 0.974 bits per heavy atom. The summed E-state index contributed by atoms with van der Waals surface area (Å²) in [5, 5.41) is 16.9. The molecule has 0 fully saturated rings. The van der Waals surface area contributed by atoms with Gasteiger partial charge < -0.3 is 15.7 Å². The molecule has 0 aromatic heterocycles. The molecule has 204 valence electrons. The number of nitrogens with zero attached hydrogens (tertiary/aromatic N) is 1. The van der Waals surface area contributed by atoms with Crippen molar-refractivity contribution < 1.29 is 27.1 Å². The third kappa shape index (κ3) is 8.34. The van der Waals surface area contributed by atoms with E-state index in [0.29, 0.717) is 12.2 Å². The van der Waals surface area contributed by atoms with E-state index in [9.17, 15) is 27.1 Å². The molecule has 0 heterocycles. The van der Waals surface area contributed by atoms with E-state index in [1.54, 1.807) is 12.1 Å². The van der Waals surface area contributed by atoms with E-state index in [4.69, 9.17) is 0 Å². The molecule has 0 aliphatic carbocycles. The molecule has 0 spiro atoms. The van der Waals surface area contributed by atoms with E-state index in [1.165, 1.54) is 24.7 Å². The second-order valence-electron chi connectivity index (χ2n) is 9.21. The van der Waals surface area contributed by atoms with Crippen molar-refractivity contribution in [3.8, 4) is 0 Å². The first kappa shape index (κ1) is 29.2. The molecule has 7 nitrogen and oxygen atoms in total. The van der Waals surface area contributed by atoms with Crippen molar-refractivity contribution >= 4 is 21.6 Å². The molecule has 2 unspecified atom stereocenters. The van der Waals surface area contributed by atoms with Crippen LogP contribution < -0.4 is 14.9 Å². The Balaban J connectivity index is 1.77. The van der Waals surface area contributed by atoms with Gasteiger partial charge in [0.1, 0.15) is 11.6 Å². The molecular formula is C28H33F2N3O4S. The molecule has 1 amide bonds. The molecule has 3 aromatic carbocycles. The van der Waals surface area contributed by atoms with Crippen LogP contribution in [0.15, 0.2) is 66.7 Å². The van der Waals surface area contributed by atoms with E-state index in [0.717, 1.165) is 40.7 Å². The lowest BCUT2D eigenvalue weighted by molar-refractivity contribution is 0.0830. The number of aryl methyl sites for hydroxylation is 1. The van der Waals surface area contributed by atoms with Crippen LogP contribution in [0.2, 0.25) is 0 Å². The highest BCUT2D eigenvalue weighted by Crippen LogP contribution is 2.18. The van der Waals surface area contributed by atoms with Crippen molar-refractivity contribution in [2.24, 2.45) is 0 Å². The van der Waals surface area contributed by atoms with Gasteiger partial charge in [-0.15, -0.1) is 0 Å². The smallest absolute Gasteiger partial charge is 0.251 e. The first-order valence-electron chi connectivity index (χ1n) is 12.2. The van der Waals surface area contributed by atoms with E-state index in [-0.39, 0.29) is 24.1 Å². The van der Waals surface area contributed by atoms with Crippen LogP contribution in [0.3, 0.4) is 0 Å². The Morgan fingerprint density at radius 3 is 2.29 bits per heavy atom. The van der Waals surface area contributed by atoms with Crippen LogP contribution in [0.1, 0.15) is 34.0 Å². The lowest BCUT2D eigenvalue weighted by Crippen LogP contribution is -2.48. The number of carbonyl (C=O) groups is 1. The summed E-state index contributed by atoms with van der Waals surface area (Å²) >= 11 is 0. The fraction of sp³-hybridized carbons (Fsp3) is 0.321. The number of hydrogen-bond donors (Lipinski definition) is 3. The minimum Gasteiger partial charge on any atom is -0.390 e. The van der Waals surface area contributed by atoms with E-state index in [1.807, 2.05) is 18.2 Å². The standard InChI is InChI=1S/C28H33F2N3O4S/c1-4-19-7-5-8-20(11-19)17-31-18-27(34)26(14-21-12-23(29)16-24(30)13-21)32-28(35)22-9-6-10-25(15-22)33(2)38(3,36)37/h5-13,15-16,26-27,31,34H,4,14,17-18H2,1-3H3,(H,32,35). The van der Waals surface area contributed by atoms with Crippen LogP contribution in [-0.2, 0) is 29.4 Å². The third-order valence-electron chi connectivity index (χ3n) is 6.21. The zero-order valence-corrected chi connectivity index (χ0v) is 22.4. The number of aliphatic hydroxyl groups is 1. The predicted molar refractivity (Wildman–Crippen MR) is 145 cm³/mol. The summed E-state index contributed by atoms with van der Waals surface area (Å²) in [7, 11) is -2.16. The van der Waals surface area contributed by atoms with Gasteiger partial charge in [0, 0.05) is 31.8 Å². The highest BCUT2D eigenvalue weighted by atomic mass is 32.2. The molecule has 0 bridgehead atoms. The second-order valence-corrected chi connectivity index (χ2v) is 11.2. The largest absolute Gasteiger partial charge is 0.390 e. The minimum atomic E-state index is -3.54. The van der Waals surface area contributed by atoms with Crippen molar-refractivity contribution in [3.63, 3.8) is 0 Å². The number of rotatable bonds is 12. The average Bonchev–Trinajstić information content (AvgIpc) is 2.86. The van der Waals surface area contributed by atoms with Crippen LogP contribution in [0.4, 0.5) is 14.5 Å². The third-order valence-corrected chi connectivity index (χ3v) is 7.42. The SMILES string of the molecule is CCc1cccc(CNCC(O)C(Cc2cc(F)cc(F)c2)NC(=O)c2cccc(N(C)S(C)(=O)=O)c2)c1. The first-order chi connectivity index (χ1) is 18.0. The molecule has 0 aliphatic rings. The monoisotopic (exact) mass is 545 g/mol. The van der Waals surface area contributed by atoms with Crippen LogP contribution in [-0.4, -0.2) is 51.4 Å². The number of nitrogens with one attached hydrogen (secondary N) is 2. The number of hydrogen-bond acceptors (Lipinski definition) is 5. The van der Waals surface area contributed by atoms with Gasteiger partial charge in [-0.1, -0.05) is 37.3 Å². The molecule has 0 saturated heterocycles. The number of halogens is 2. The molecular weight excluding hydrogens is 512 g/mol. The molecule has 0 saturated carbocycles. The Hall–Kier alpha value is -3.34. The van der Waals surface area contributed by atoms with Gasteiger partial charge in [0.05, 0.1) is 24.1 Å². The van der Waals surface area contributed by atoms with Crippen molar-refractivity contribution in [1.82, 2.24) is 10.6 Å². The minimum absolute atomic E-state index is 0.0302. The summed E-state index contributed by atoms with van der Waals surface area (Å²) < 4.78 is 52.5. The summed E-state index contributed by atoms with van der Waals surface area (Å²) in [5.41, 5.74) is 2.96. The molecule has 3 rings (SSSR count). The summed E-state index contributed by atoms with van der Waals surface area (Å²) in [6.07, 6.45) is 0.824. The summed E-state index contributed by atoms with van der Waals surface area (Å²) in [5.74, 6) is -2.08. The molecule has 10 heteroatoms. The average molecular weight is 546 g/mol. The number of carbonyl (C=O) groups excluding carboxylic acids is 1. The summed E-state index contributed by atoms with van der Waals surface area (Å²) in [6.45, 7) is 2.66. The van der Waals surface area contributed by atoms with Gasteiger partial charge in [-0.2, -0.15) is 0 Å². The fourth-order valence-corrected chi connectivity index (χ4v) is 4.51. The maximum atomic E-state index is 13.8. The van der Waals surface area contributed by atoms with Gasteiger partial charge in [0.15, 0.2) is 0 Å². The summed E-state index contributed by atoms with van der Waals surface area (Å²) in [6, 6.07) is 16.2. The molecule has 3 N–H and O–H groups in total. The van der Waals surface area contributed by atoms with E-state index in [2.05, 4.69) is 23.6 Å². The number of anilines is 1. The molecule has 0 radical (unpaired) electrons. The van der Waals surface area contributed by atoms with Gasteiger partial charge >= 0.3 is 0 Å². The van der Waals surface area contributed by atoms with E-state index >= 15 is 0 Å². The maximum Gasteiger partial charge on any atom is 0.251 e. The lowest BCUT2D eigenvalue weighted by atomic mass is 10.00. The zero-order chi connectivity index (χ0) is 27.9. The maximum absolute atomic E-state index is 13.8. The number of amides is 1. The Morgan fingerprint density at radius 2 is 1.63 bits per heavy atom. The molecule has 2 atom stereocenters. The lowest BCUT2D eigenvalue weighted by Gasteiger charge is -2.25. The number of sulfonamides is 1. The van der Waals surface area contributed by atoms with Gasteiger partial charge in [-0.05, 0) is 59.9 Å². The first-order valence-corrected chi connectivity index (χ1v) is 14.1. The summed E-state index contributed by atoms with van der Waals surface area (Å²) in [4.78, 5) is 13.1. The Bertz CT molecular complexity index is 1350. The molecule has 0 aliphatic heterocycles. The van der Waals surface area contributed by atoms with Gasteiger partial charge in [-0.3, -0.25) is 9.10 Å². The number of aliphatic hydroxyl groups excluding tert-OH is 1. The predicted octanol–water partition coefficient (Wildman–Crippen LogP) is 3.41. The fourth-order valence-electron chi connectivity index (χ4n) is 4.02. The molecule has 38 heavy (non-hydrogen) atoms. The molecule has 3 aromatic rings. The Labute approximate surface area is 222 Å². The second kappa shape index (κ2) is 12.9. The topological polar surface area (TPSA) is 98.7 Å². The highest BCUT2D eigenvalue weighted by Gasteiger charge is 2.24. The van der Waals surface area contributed by atoms with Crippen LogP contribution in [0.25, 0.3) is 0 Å². The van der Waals surface area contributed by atoms with Crippen molar-refractivity contribution in [2.75, 3.05) is 24.2 Å². The highest BCUT2D eigenvalue weighted by molar-refractivity contribution is 7.92. The van der Waals surface area contributed by atoms with Gasteiger partial charge in [0.2, 0.25) is 10.0 Å². The van der Waals surface area contributed by atoms with Crippen molar-refractivity contribution in [2.45, 2.75) is 38.5 Å². The van der Waals surface area contributed by atoms with Crippen LogP contribution in [0.5, 0.6) is 0 Å². The number of benzene rings is 3. The van der Waals surface area contributed by atoms with E-state index < -0.39 is 39.7 Å². The van der Waals surface area contributed by atoms with Crippen LogP contribution >= 0.6 is 0 Å². The van der Waals surface area contributed by atoms with Crippen molar-refractivity contribution in [1.29, 1.82) is 0 Å². The normalized spacial score (nSPS) is 13.1.